The monoisotopic (exact) mass is 1340 g/mol. The van der Waals surface area contributed by atoms with Gasteiger partial charge in [-0.05, 0) is 151 Å². The second kappa shape index (κ2) is 20.7. The normalized spacial score (nSPS) is 13.7. The number of nitrogens with zero attached hydrogens (tertiary/aromatic N) is 4. The van der Waals surface area contributed by atoms with Crippen LogP contribution in [-0.4, -0.2) is 16.7 Å². The molecule has 0 amide bonds. The van der Waals surface area contributed by atoms with Crippen LogP contribution in [0, 0.1) is 31.8 Å². The number of furan rings is 1. The first-order valence-electron chi connectivity index (χ1n) is 29.6. The Hall–Kier alpha value is -7.20. The molecule has 10 heteroatoms. The Morgan fingerprint density at radius 3 is 1.60 bits per heavy atom. The Balaban J connectivity index is 0.000000375. The van der Waals surface area contributed by atoms with E-state index in [0.717, 1.165) is 61.1 Å². The number of halogens is 1. The molecule has 3 aromatic heterocycles. The summed E-state index contributed by atoms with van der Waals surface area (Å²) in [5.74, 6) is -0.275. The topological polar surface area (TPSA) is 45.4 Å². The van der Waals surface area contributed by atoms with Crippen molar-refractivity contribution >= 4 is 103 Å². The molecule has 86 heavy (non-hydrogen) atoms. The molecule has 0 saturated heterocycles. The van der Waals surface area contributed by atoms with Crippen LogP contribution in [0.15, 0.2) is 182 Å². The molecule has 7 heterocycles. The predicted molar refractivity (Wildman–Crippen MR) is 356 cm³/mol. The number of aromatic nitrogens is 2. The van der Waals surface area contributed by atoms with E-state index in [2.05, 4.69) is 207 Å². The van der Waals surface area contributed by atoms with Crippen molar-refractivity contribution in [3.63, 3.8) is 0 Å². The molecule has 4 aliphatic rings. The number of rotatable bonds is 3. The van der Waals surface area contributed by atoms with Gasteiger partial charge in [-0.1, -0.05) is 184 Å². The number of pyridine rings is 2. The predicted octanol–water partition coefficient (Wildman–Crippen LogP) is 19.6. The quantitative estimate of drug-likeness (QED) is 0.129. The second-order valence-corrected chi connectivity index (χ2v) is 29.8. The molecule has 11 aromatic rings. The average molecular weight is 1340 g/mol. The van der Waals surface area contributed by atoms with Crippen molar-refractivity contribution in [1.82, 2.24) is 9.97 Å². The van der Waals surface area contributed by atoms with E-state index in [1.165, 1.54) is 110 Å². The zero-order chi connectivity index (χ0) is 59.4. The van der Waals surface area contributed by atoms with Gasteiger partial charge in [-0.25, -0.2) is 0 Å². The first-order valence-corrected chi connectivity index (χ1v) is 31.2. The minimum absolute atomic E-state index is 0. The van der Waals surface area contributed by atoms with Gasteiger partial charge in [0.1, 0.15) is 5.58 Å². The number of hydrogen-bond donors (Lipinski definition) is 0. The van der Waals surface area contributed by atoms with E-state index in [9.17, 15) is 4.39 Å². The summed E-state index contributed by atoms with van der Waals surface area (Å²) < 4.78 is 19.8. The number of anilines is 6. The van der Waals surface area contributed by atoms with E-state index in [1.807, 2.05) is 80.1 Å². The zero-order valence-electron chi connectivity index (χ0n) is 51.3. The van der Waals surface area contributed by atoms with E-state index in [0.29, 0.717) is 0 Å². The van der Waals surface area contributed by atoms with Crippen molar-refractivity contribution in [1.29, 1.82) is 0 Å². The maximum atomic E-state index is 12.7. The molecule has 0 saturated carbocycles. The summed E-state index contributed by atoms with van der Waals surface area (Å²) in [7, 11) is 0. The first kappa shape index (κ1) is 57.9. The maximum absolute atomic E-state index is 12.7. The summed E-state index contributed by atoms with van der Waals surface area (Å²) in [6, 6.07) is 59.1. The van der Waals surface area contributed by atoms with E-state index >= 15 is 0 Å². The van der Waals surface area contributed by atoms with Gasteiger partial charge in [0.2, 0.25) is 0 Å². The van der Waals surface area contributed by atoms with Crippen LogP contribution in [0.5, 0.6) is 0 Å². The fraction of sp³-hybridized carbons (Fsp3) is 0.237. The largest absolute Gasteiger partial charge is 0.500 e. The SMILES string of the molecule is CC(C)(C)c1ccc2c(c1)Sc1cc(C(C)(C)C)cc3c1N2c1cc(-c2cccc4c2oc2c(-c5ccccn5)[c-]ccc24)cc2c1B3c1cc(C(C)(C)C)cc3c1N2c1ccc(C(C)(C)C)cc1S3.Cc1cnc(-c2[c-]cc(F)cc2)cc1C.[Ir]. The van der Waals surface area contributed by atoms with E-state index in [1.54, 1.807) is 6.07 Å². The molecule has 431 valence electrons. The molecule has 0 bridgehead atoms. The maximum Gasteiger partial charge on any atom is 0.252 e. The van der Waals surface area contributed by atoms with Crippen LogP contribution in [0.1, 0.15) is 116 Å². The summed E-state index contributed by atoms with van der Waals surface area (Å²) in [6.07, 6.45) is 3.66. The third-order valence-electron chi connectivity index (χ3n) is 17.6. The Bertz CT molecular complexity index is 4420. The zero-order valence-corrected chi connectivity index (χ0v) is 55.3. The summed E-state index contributed by atoms with van der Waals surface area (Å²) in [6.45, 7) is 32.2. The number of para-hydroxylation sites is 1. The van der Waals surface area contributed by atoms with Gasteiger partial charge in [0.25, 0.3) is 6.71 Å². The van der Waals surface area contributed by atoms with Gasteiger partial charge in [-0.2, -0.15) is 0 Å². The van der Waals surface area contributed by atoms with Crippen molar-refractivity contribution in [3.05, 3.63) is 209 Å². The van der Waals surface area contributed by atoms with Gasteiger partial charge < -0.3 is 24.2 Å². The van der Waals surface area contributed by atoms with Crippen LogP contribution in [0.2, 0.25) is 0 Å². The Kier molecular flexibility index (Phi) is 13.9. The molecule has 4 aliphatic heterocycles. The third-order valence-corrected chi connectivity index (χ3v) is 19.8. The molecule has 0 aliphatic carbocycles. The number of aryl methyl sites for hydroxylation is 2. The van der Waals surface area contributed by atoms with Gasteiger partial charge in [-0.15, -0.1) is 48.0 Å². The van der Waals surface area contributed by atoms with Gasteiger partial charge in [0, 0.05) is 80.2 Å². The third kappa shape index (κ3) is 9.65. The molecule has 8 aromatic carbocycles. The number of hydrogen-bond acceptors (Lipinski definition) is 7. The van der Waals surface area contributed by atoms with E-state index < -0.39 is 0 Å². The molecular formula is C76H68BFIrN4OS2-2. The van der Waals surface area contributed by atoms with Gasteiger partial charge in [0.15, 0.2) is 0 Å². The molecule has 0 atom stereocenters. The Labute approximate surface area is 528 Å². The molecular weight excluding hydrogens is 1270 g/mol. The fourth-order valence-corrected chi connectivity index (χ4v) is 15.0. The molecule has 15 rings (SSSR count). The minimum atomic E-state index is -0.275. The van der Waals surface area contributed by atoms with Crippen LogP contribution < -0.4 is 26.2 Å². The fourth-order valence-electron chi connectivity index (χ4n) is 12.6. The van der Waals surface area contributed by atoms with Crippen LogP contribution in [-0.2, 0) is 41.8 Å². The molecule has 1 radical (unpaired) electrons. The van der Waals surface area contributed by atoms with Crippen molar-refractivity contribution in [2.75, 3.05) is 9.80 Å². The Morgan fingerprint density at radius 2 is 1.08 bits per heavy atom. The van der Waals surface area contributed by atoms with Crippen molar-refractivity contribution < 1.29 is 28.9 Å². The van der Waals surface area contributed by atoms with Gasteiger partial charge >= 0.3 is 0 Å². The molecule has 0 N–H and O–H groups in total. The summed E-state index contributed by atoms with van der Waals surface area (Å²) in [5.41, 5.74) is 26.4. The number of benzene rings is 8. The summed E-state index contributed by atoms with van der Waals surface area (Å²) in [5, 5.41) is 2.14. The van der Waals surface area contributed by atoms with E-state index in [4.69, 9.17) is 9.40 Å². The van der Waals surface area contributed by atoms with Crippen molar-refractivity contribution in [3.8, 4) is 33.6 Å². The summed E-state index contributed by atoms with van der Waals surface area (Å²) in [4.78, 5) is 19.5. The van der Waals surface area contributed by atoms with Crippen molar-refractivity contribution in [2.45, 2.75) is 138 Å². The molecule has 0 fully saturated rings. The van der Waals surface area contributed by atoms with Crippen LogP contribution >= 0.6 is 23.5 Å². The standard InChI is InChI=1S/C63H57BN3OS2.C13H11FN.Ir/c1-60(2,3)36-22-24-47-51(31-36)69-53-33-38(62(7,8)9)29-44-56(53)66(47)49-27-35(40-17-15-18-41-42-19-16-20-43(59(42)68-58(40)41)46-21-13-14-26-65-46)28-50-55(49)64(44)45-30-39(63(10,11)12)34-54-57(45)67(50)48-25-23-37(61(4,5)6)32-52(48)70-54;1-9-7-13(15-8-10(9)2)11-3-5-12(14)6-4-11;/h13-19,21-34H,1-12H3;3,5-8H,1-2H3;/q2*-1;. The second-order valence-electron chi connectivity index (χ2n) is 27.6. The van der Waals surface area contributed by atoms with Crippen LogP contribution in [0.25, 0.3) is 55.6 Å². The van der Waals surface area contributed by atoms with Crippen LogP contribution in [0.3, 0.4) is 0 Å². The smallest absolute Gasteiger partial charge is 0.252 e. The molecule has 0 spiro atoms. The van der Waals surface area contributed by atoms with E-state index in [-0.39, 0.29) is 54.3 Å². The van der Waals surface area contributed by atoms with Gasteiger partial charge in [-0.3, -0.25) is 4.39 Å². The summed E-state index contributed by atoms with van der Waals surface area (Å²) >= 11 is 3.89. The van der Waals surface area contributed by atoms with Crippen LogP contribution in [0.4, 0.5) is 38.5 Å². The molecule has 5 nitrogen and oxygen atoms in total. The molecule has 0 unspecified atom stereocenters. The first-order chi connectivity index (χ1) is 40.4. The Morgan fingerprint density at radius 1 is 0.512 bits per heavy atom. The van der Waals surface area contributed by atoms with Crippen molar-refractivity contribution in [2.24, 2.45) is 0 Å². The minimum Gasteiger partial charge on any atom is -0.500 e. The average Bonchev–Trinajstić information content (AvgIpc) is 0.768. The van der Waals surface area contributed by atoms with Gasteiger partial charge in [0.05, 0.1) is 28.3 Å². The number of fused-ring (bicyclic) bond motifs is 11.